The standard InChI is InChI=1S/C13H14N2O2/c1-9-7-11(13(16)15-14-9)8-10-3-5-12(17-2)6-4-10/h3-7,11H,8H2,1-2H3. The Morgan fingerprint density at radius 3 is 2.59 bits per heavy atom. The number of ether oxygens (including phenoxy) is 1. The van der Waals surface area contributed by atoms with Crippen LogP contribution in [-0.2, 0) is 11.2 Å². The van der Waals surface area contributed by atoms with E-state index < -0.39 is 0 Å². The van der Waals surface area contributed by atoms with Crippen molar-refractivity contribution in [3.8, 4) is 5.75 Å². The molecule has 0 radical (unpaired) electrons. The first-order chi connectivity index (χ1) is 8.19. The number of carbonyl (C=O) groups is 1. The third kappa shape index (κ3) is 2.78. The summed E-state index contributed by atoms with van der Waals surface area (Å²) in [4.78, 5) is 11.5. The fourth-order valence-corrected chi connectivity index (χ4v) is 1.76. The van der Waals surface area contributed by atoms with Gasteiger partial charge >= 0.3 is 0 Å². The molecule has 1 aromatic rings. The summed E-state index contributed by atoms with van der Waals surface area (Å²) >= 11 is 0. The molecule has 0 bridgehead atoms. The van der Waals surface area contributed by atoms with E-state index in [1.807, 2.05) is 37.3 Å². The third-order valence-electron chi connectivity index (χ3n) is 2.68. The van der Waals surface area contributed by atoms with Gasteiger partial charge in [0.25, 0.3) is 5.91 Å². The van der Waals surface area contributed by atoms with E-state index in [2.05, 4.69) is 10.2 Å². The van der Waals surface area contributed by atoms with Crippen molar-refractivity contribution in [2.45, 2.75) is 13.3 Å². The monoisotopic (exact) mass is 230 g/mol. The predicted octanol–water partition coefficient (Wildman–Crippen LogP) is 2.75. The molecule has 1 atom stereocenters. The molecule has 0 spiro atoms. The molecule has 0 saturated carbocycles. The molecule has 0 saturated heterocycles. The maximum atomic E-state index is 11.5. The number of hydrogen-bond acceptors (Lipinski definition) is 3. The number of rotatable bonds is 3. The molecule has 1 unspecified atom stereocenters. The van der Waals surface area contributed by atoms with Crippen molar-refractivity contribution < 1.29 is 9.53 Å². The molecule has 1 aliphatic heterocycles. The normalized spacial score (nSPS) is 19.1. The van der Waals surface area contributed by atoms with E-state index in [4.69, 9.17) is 4.74 Å². The molecule has 0 N–H and O–H groups in total. The van der Waals surface area contributed by atoms with E-state index >= 15 is 0 Å². The molecule has 4 heteroatoms. The summed E-state index contributed by atoms with van der Waals surface area (Å²) in [6, 6.07) is 7.70. The van der Waals surface area contributed by atoms with E-state index in [1.165, 1.54) is 0 Å². The third-order valence-corrected chi connectivity index (χ3v) is 2.68. The summed E-state index contributed by atoms with van der Waals surface area (Å²) in [7, 11) is 1.63. The Kier molecular flexibility index (Phi) is 3.32. The maximum Gasteiger partial charge on any atom is 0.271 e. The van der Waals surface area contributed by atoms with Crippen LogP contribution < -0.4 is 4.74 Å². The number of nitrogens with zero attached hydrogens (tertiary/aromatic N) is 2. The fourth-order valence-electron chi connectivity index (χ4n) is 1.76. The van der Waals surface area contributed by atoms with Gasteiger partial charge in [0.2, 0.25) is 0 Å². The van der Waals surface area contributed by atoms with Gasteiger partial charge in [0, 0.05) is 0 Å². The maximum absolute atomic E-state index is 11.5. The molecule has 2 rings (SSSR count). The Morgan fingerprint density at radius 1 is 1.24 bits per heavy atom. The average molecular weight is 230 g/mol. The zero-order chi connectivity index (χ0) is 12.3. The number of hydrogen-bond donors (Lipinski definition) is 0. The van der Waals surface area contributed by atoms with E-state index in [-0.39, 0.29) is 11.8 Å². The highest BCUT2D eigenvalue weighted by molar-refractivity contribution is 5.82. The van der Waals surface area contributed by atoms with Gasteiger partial charge in [-0.1, -0.05) is 12.1 Å². The highest BCUT2D eigenvalue weighted by Crippen LogP contribution is 2.20. The molecule has 1 aromatic carbocycles. The minimum atomic E-state index is -0.194. The first-order valence-corrected chi connectivity index (χ1v) is 5.46. The van der Waals surface area contributed by atoms with Crippen molar-refractivity contribution in [1.29, 1.82) is 0 Å². The van der Waals surface area contributed by atoms with Crippen LogP contribution in [0.4, 0.5) is 0 Å². The van der Waals surface area contributed by atoms with Crippen LogP contribution in [-0.4, -0.2) is 13.0 Å². The zero-order valence-electron chi connectivity index (χ0n) is 9.88. The summed E-state index contributed by atoms with van der Waals surface area (Å²) in [5, 5.41) is 7.36. The van der Waals surface area contributed by atoms with Crippen LogP contribution in [0.2, 0.25) is 0 Å². The highest BCUT2D eigenvalue weighted by Gasteiger charge is 2.19. The van der Waals surface area contributed by atoms with Crippen LogP contribution in [0.1, 0.15) is 12.5 Å². The zero-order valence-corrected chi connectivity index (χ0v) is 9.88. The van der Waals surface area contributed by atoms with Crippen molar-refractivity contribution in [2.24, 2.45) is 16.1 Å². The molecule has 17 heavy (non-hydrogen) atoms. The van der Waals surface area contributed by atoms with Crippen LogP contribution in [0.25, 0.3) is 0 Å². The summed E-state index contributed by atoms with van der Waals surface area (Å²) in [5.41, 5.74) is 1.88. The first kappa shape index (κ1) is 11.5. The number of allylic oxidation sites excluding steroid dienone is 1. The van der Waals surface area contributed by atoms with Gasteiger partial charge in [-0.3, -0.25) is 4.79 Å². The fraction of sp³-hybridized carbons (Fsp3) is 0.308. The molecule has 88 valence electrons. The van der Waals surface area contributed by atoms with Crippen molar-refractivity contribution in [2.75, 3.05) is 7.11 Å². The van der Waals surface area contributed by atoms with Gasteiger partial charge in [0.1, 0.15) is 5.75 Å². The van der Waals surface area contributed by atoms with Crippen molar-refractivity contribution in [3.63, 3.8) is 0 Å². The molecule has 0 fully saturated rings. The Balaban J connectivity index is 2.10. The number of methoxy groups -OCH3 is 1. The lowest BCUT2D eigenvalue weighted by Crippen LogP contribution is -2.15. The molecule has 0 aromatic heterocycles. The molecular weight excluding hydrogens is 216 g/mol. The number of amides is 1. The molecule has 1 amide bonds. The second-order valence-electron chi connectivity index (χ2n) is 4.00. The Hall–Kier alpha value is -1.97. The van der Waals surface area contributed by atoms with Gasteiger partial charge in [-0.05, 0) is 37.1 Å². The van der Waals surface area contributed by atoms with Gasteiger partial charge in [0.05, 0.1) is 18.7 Å². The molecule has 0 aliphatic carbocycles. The van der Waals surface area contributed by atoms with E-state index in [0.717, 1.165) is 17.0 Å². The van der Waals surface area contributed by atoms with Gasteiger partial charge in [-0.15, -0.1) is 5.11 Å². The van der Waals surface area contributed by atoms with E-state index in [1.54, 1.807) is 7.11 Å². The Bertz CT molecular complexity index is 475. The lowest BCUT2D eigenvalue weighted by molar-refractivity contribution is -0.121. The predicted molar refractivity (Wildman–Crippen MR) is 63.8 cm³/mol. The van der Waals surface area contributed by atoms with Crippen LogP contribution in [0.5, 0.6) is 5.75 Å². The number of carbonyl (C=O) groups excluding carboxylic acids is 1. The van der Waals surface area contributed by atoms with Crippen molar-refractivity contribution in [3.05, 3.63) is 41.6 Å². The second-order valence-corrected chi connectivity index (χ2v) is 4.00. The molecule has 1 aliphatic rings. The summed E-state index contributed by atoms with van der Waals surface area (Å²) in [5.74, 6) is 0.447. The van der Waals surface area contributed by atoms with Gasteiger partial charge in [0.15, 0.2) is 0 Å². The summed E-state index contributed by atoms with van der Waals surface area (Å²) in [6.45, 7) is 1.84. The minimum absolute atomic E-state index is 0.175. The SMILES string of the molecule is COc1ccc(CC2C=C(C)N=NC2=O)cc1. The van der Waals surface area contributed by atoms with E-state index in [0.29, 0.717) is 6.42 Å². The molecular formula is C13H14N2O2. The molecule has 1 heterocycles. The van der Waals surface area contributed by atoms with Crippen LogP contribution in [0.3, 0.4) is 0 Å². The largest absolute Gasteiger partial charge is 0.497 e. The second kappa shape index (κ2) is 4.91. The number of azo groups is 1. The lowest BCUT2D eigenvalue weighted by Gasteiger charge is -2.12. The smallest absolute Gasteiger partial charge is 0.271 e. The Morgan fingerprint density at radius 2 is 1.94 bits per heavy atom. The van der Waals surface area contributed by atoms with Crippen LogP contribution >= 0.6 is 0 Å². The quantitative estimate of drug-likeness (QED) is 0.801. The van der Waals surface area contributed by atoms with Crippen molar-refractivity contribution >= 4 is 5.91 Å². The van der Waals surface area contributed by atoms with Crippen LogP contribution in [0.15, 0.2) is 46.3 Å². The molecule has 4 nitrogen and oxygen atoms in total. The lowest BCUT2D eigenvalue weighted by atomic mass is 9.97. The Labute approximate surface area is 100 Å². The van der Waals surface area contributed by atoms with Gasteiger partial charge < -0.3 is 4.74 Å². The number of benzene rings is 1. The van der Waals surface area contributed by atoms with Crippen LogP contribution in [0, 0.1) is 5.92 Å². The summed E-state index contributed by atoms with van der Waals surface area (Å²) in [6.07, 6.45) is 2.51. The van der Waals surface area contributed by atoms with Crippen molar-refractivity contribution in [1.82, 2.24) is 0 Å². The van der Waals surface area contributed by atoms with Gasteiger partial charge in [-0.25, -0.2) is 0 Å². The first-order valence-electron chi connectivity index (χ1n) is 5.46. The highest BCUT2D eigenvalue weighted by atomic mass is 16.5. The van der Waals surface area contributed by atoms with E-state index in [9.17, 15) is 4.79 Å². The average Bonchev–Trinajstić information content (AvgIpc) is 2.35. The minimum Gasteiger partial charge on any atom is -0.497 e. The topological polar surface area (TPSA) is 51.0 Å². The summed E-state index contributed by atoms with van der Waals surface area (Å²) < 4.78 is 5.08. The van der Waals surface area contributed by atoms with Gasteiger partial charge in [-0.2, -0.15) is 5.11 Å².